The summed E-state index contributed by atoms with van der Waals surface area (Å²) in [5.41, 5.74) is 3.30. The minimum atomic E-state index is -0.896. The molecule has 1 amide bonds. The third kappa shape index (κ3) is 7.13. The van der Waals surface area contributed by atoms with E-state index >= 15 is 0 Å². The van der Waals surface area contributed by atoms with Gasteiger partial charge in [0, 0.05) is 12.1 Å². The zero-order valence-corrected chi connectivity index (χ0v) is 19.0. The fraction of sp³-hybridized carbons (Fsp3) is 0.160. The van der Waals surface area contributed by atoms with Crippen LogP contribution >= 0.6 is 0 Å². The van der Waals surface area contributed by atoms with Gasteiger partial charge in [-0.2, -0.15) is 5.10 Å². The Kier molecular flexibility index (Phi) is 8.49. The lowest BCUT2D eigenvalue weighted by atomic mass is 10.2. The lowest BCUT2D eigenvalue weighted by Gasteiger charge is -2.13. The highest BCUT2D eigenvalue weighted by Gasteiger charge is 2.15. The van der Waals surface area contributed by atoms with Gasteiger partial charge in [-0.25, -0.2) is 10.2 Å². The zero-order chi connectivity index (χ0) is 25.2. The molecular weight excluding hydrogens is 454 g/mol. The SMILES string of the molecule is CCOc1cc(C=NNC(=O)C(C)Oc2ccc([N+](=O)[O-])cc2)ccc1OC(=O)c1ccccc1. The molecule has 0 aliphatic rings. The van der Waals surface area contributed by atoms with Crippen molar-refractivity contribution in [2.75, 3.05) is 6.61 Å². The van der Waals surface area contributed by atoms with Crippen LogP contribution in [0.2, 0.25) is 0 Å². The third-order valence-corrected chi connectivity index (χ3v) is 4.60. The van der Waals surface area contributed by atoms with Crippen molar-refractivity contribution in [2.24, 2.45) is 5.10 Å². The minimum absolute atomic E-state index is 0.0775. The number of nitrogens with one attached hydrogen (secondary N) is 1. The van der Waals surface area contributed by atoms with Crippen LogP contribution in [-0.2, 0) is 4.79 Å². The molecular formula is C25H23N3O7. The van der Waals surface area contributed by atoms with Crippen molar-refractivity contribution < 1.29 is 28.7 Å². The Bertz CT molecular complexity index is 1210. The number of carbonyl (C=O) groups excluding carboxylic acids is 2. The van der Waals surface area contributed by atoms with E-state index < -0.39 is 22.9 Å². The number of nitrogens with zero attached hydrogens (tertiary/aromatic N) is 2. The summed E-state index contributed by atoms with van der Waals surface area (Å²) in [4.78, 5) is 34.8. The molecule has 10 heteroatoms. The zero-order valence-electron chi connectivity index (χ0n) is 19.0. The van der Waals surface area contributed by atoms with Gasteiger partial charge >= 0.3 is 5.97 Å². The summed E-state index contributed by atoms with van der Waals surface area (Å²) >= 11 is 0. The predicted octanol–water partition coefficient (Wildman–Crippen LogP) is 4.13. The van der Waals surface area contributed by atoms with Crippen LogP contribution in [0.25, 0.3) is 0 Å². The van der Waals surface area contributed by atoms with Gasteiger partial charge in [-0.3, -0.25) is 14.9 Å². The molecule has 1 atom stereocenters. The van der Waals surface area contributed by atoms with Crippen LogP contribution in [0.4, 0.5) is 5.69 Å². The Labute approximate surface area is 201 Å². The van der Waals surface area contributed by atoms with E-state index in [1.54, 1.807) is 55.5 Å². The van der Waals surface area contributed by atoms with E-state index in [4.69, 9.17) is 14.2 Å². The number of carbonyl (C=O) groups is 2. The van der Waals surface area contributed by atoms with E-state index in [1.807, 2.05) is 0 Å². The fourth-order valence-electron chi connectivity index (χ4n) is 2.86. The molecule has 0 aliphatic heterocycles. The molecule has 0 bridgehead atoms. The minimum Gasteiger partial charge on any atom is -0.490 e. The van der Waals surface area contributed by atoms with Crippen LogP contribution < -0.4 is 19.6 Å². The molecule has 0 saturated carbocycles. The van der Waals surface area contributed by atoms with E-state index in [2.05, 4.69) is 10.5 Å². The number of ether oxygens (including phenoxy) is 3. The van der Waals surface area contributed by atoms with Gasteiger partial charge in [0.1, 0.15) is 5.75 Å². The van der Waals surface area contributed by atoms with Gasteiger partial charge in [0.05, 0.1) is 23.3 Å². The second kappa shape index (κ2) is 11.9. The molecule has 180 valence electrons. The van der Waals surface area contributed by atoms with Gasteiger partial charge in [0.2, 0.25) is 0 Å². The normalized spacial score (nSPS) is 11.5. The molecule has 0 fully saturated rings. The van der Waals surface area contributed by atoms with Gasteiger partial charge in [0.15, 0.2) is 17.6 Å². The van der Waals surface area contributed by atoms with E-state index in [9.17, 15) is 19.7 Å². The van der Waals surface area contributed by atoms with Crippen molar-refractivity contribution in [3.05, 3.63) is 94.0 Å². The smallest absolute Gasteiger partial charge is 0.343 e. The quantitative estimate of drug-likeness (QED) is 0.153. The van der Waals surface area contributed by atoms with Crippen molar-refractivity contribution in [1.29, 1.82) is 0 Å². The predicted molar refractivity (Wildman–Crippen MR) is 128 cm³/mol. The number of esters is 1. The highest BCUT2D eigenvalue weighted by molar-refractivity contribution is 5.91. The molecule has 0 aliphatic carbocycles. The summed E-state index contributed by atoms with van der Waals surface area (Å²) in [6.07, 6.45) is 0.509. The van der Waals surface area contributed by atoms with Crippen LogP contribution in [0.3, 0.4) is 0 Å². The molecule has 0 spiro atoms. The summed E-state index contributed by atoms with van der Waals surface area (Å²) in [7, 11) is 0. The Hall–Kier alpha value is -4.73. The van der Waals surface area contributed by atoms with Gasteiger partial charge in [-0.15, -0.1) is 0 Å². The van der Waals surface area contributed by atoms with Gasteiger partial charge < -0.3 is 14.2 Å². The van der Waals surface area contributed by atoms with E-state index in [1.165, 1.54) is 37.4 Å². The highest BCUT2D eigenvalue weighted by atomic mass is 16.6. The third-order valence-electron chi connectivity index (χ3n) is 4.60. The molecule has 0 heterocycles. The maximum Gasteiger partial charge on any atom is 0.343 e. The number of non-ortho nitro benzene ring substituents is 1. The second-order valence-electron chi connectivity index (χ2n) is 7.14. The molecule has 3 aromatic carbocycles. The molecule has 1 N–H and O–H groups in total. The summed E-state index contributed by atoms with van der Waals surface area (Å²) in [5.74, 6) is -0.113. The summed E-state index contributed by atoms with van der Waals surface area (Å²) in [6.45, 7) is 3.68. The molecule has 0 saturated heterocycles. The van der Waals surface area contributed by atoms with E-state index in [0.717, 1.165) is 0 Å². The Morgan fingerprint density at radius 2 is 1.77 bits per heavy atom. The van der Waals surface area contributed by atoms with E-state index in [0.29, 0.717) is 29.2 Å². The topological polar surface area (TPSA) is 129 Å². The standard InChI is InChI=1S/C25H23N3O7/c1-3-33-23-15-18(9-14-22(23)35-25(30)19-7-5-4-6-8-19)16-26-27-24(29)17(2)34-21-12-10-20(11-13-21)28(31)32/h4-17H,3H2,1-2H3,(H,27,29). The number of amides is 1. The molecule has 0 aromatic heterocycles. The summed E-state index contributed by atoms with van der Waals surface area (Å²) in [6, 6.07) is 18.8. The molecule has 1 unspecified atom stereocenters. The van der Waals surface area contributed by atoms with Gasteiger partial charge in [-0.05, 0) is 61.9 Å². The maximum absolute atomic E-state index is 12.4. The number of rotatable bonds is 10. The number of hydrogen-bond donors (Lipinski definition) is 1. The van der Waals surface area contributed by atoms with Crippen LogP contribution in [0.1, 0.15) is 29.8 Å². The molecule has 3 aromatic rings. The average Bonchev–Trinajstić information content (AvgIpc) is 2.86. The van der Waals surface area contributed by atoms with Crippen molar-refractivity contribution in [3.8, 4) is 17.2 Å². The van der Waals surface area contributed by atoms with Crippen LogP contribution in [0.15, 0.2) is 77.9 Å². The summed E-state index contributed by atoms with van der Waals surface area (Å²) < 4.78 is 16.5. The van der Waals surface area contributed by atoms with Crippen molar-refractivity contribution in [2.45, 2.75) is 20.0 Å². The Morgan fingerprint density at radius 3 is 2.43 bits per heavy atom. The molecule has 10 nitrogen and oxygen atoms in total. The van der Waals surface area contributed by atoms with Crippen LogP contribution in [0, 0.1) is 10.1 Å². The fourth-order valence-corrected chi connectivity index (χ4v) is 2.86. The first-order valence-electron chi connectivity index (χ1n) is 10.7. The molecule has 35 heavy (non-hydrogen) atoms. The first kappa shape index (κ1) is 24.9. The average molecular weight is 477 g/mol. The number of benzene rings is 3. The van der Waals surface area contributed by atoms with Crippen molar-refractivity contribution >= 4 is 23.8 Å². The monoisotopic (exact) mass is 477 g/mol. The number of nitro benzene ring substituents is 1. The summed E-state index contributed by atoms with van der Waals surface area (Å²) in [5, 5.41) is 14.6. The Balaban J connectivity index is 1.60. The van der Waals surface area contributed by atoms with E-state index in [-0.39, 0.29) is 11.4 Å². The van der Waals surface area contributed by atoms with Crippen molar-refractivity contribution in [3.63, 3.8) is 0 Å². The molecule has 3 rings (SSSR count). The molecule has 0 radical (unpaired) electrons. The van der Waals surface area contributed by atoms with Gasteiger partial charge in [-0.1, -0.05) is 18.2 Å². The maximum atomic E-state index is 12.4. The number of hydrogen-bond acceptors (Lipinski definition) is 8. The van der Waals surface area contributed by atoms with Gasteiger partial charge in [0.25, 0.3) is 11.6 Å². The van der Waals surface area contributed by atoms with Crippen LogP contribution in [0.5, 0.6) is 17.2 Å². The first-order valence-corrected chi connectivity index (χ1v) is 10.7. The lowest BCUT2D eigenvalue weighted by Crippen LogP contribution is -2.33. The highest BCUT2D eigenvalue weighted by Crippen LogP contribution is 2.29. The number of nitro groups is 1. The largest absolute Gasteiger partial charge is 0.490 e. The van der Waals surface area contributed by atoms with Crippen LogP contribution in [-0.4, -0.2) is 35.7 Å². The number of hydrazone groups is 1. The lowest BCUT2D eigenvalue weighted by molar-refractivity contribution is -0.384. The second-order valence-corrected chi connectivity index (χ2v) is 7.14. The Morgan fingerprint density at radius 1 is 1.06 bits per heavy atom. The van der Waals surface area contributed by atoms with Crippen molar-refractivity contribution in [1.82, 2.24) is 5.43 Å². The first-order chi connectivity index (χ1) is 16.9.